The lowest BCUT2D eigenvalue weighted by atomic mass is 10.1. The molecule has 0 fully saturated rings. The van der Waals surface area contributed by atoms with Crippen LogP contribution in [-0.4, -0.2) is 14.5 Å². The Bertz CT molecular complexity index is 435. The van der Waals surface area contributed by atoms with Gasteiger partial charge in [-0.3, -0.25) is 4.98 Å². The number of aromatic nitrogens is 3. The van der Waals surface area contributed by atoms with E-state index in [-0.39, 0.29) is 0 Å². The molecule has 0 aliphatic heterocycles. The van der Waals surface area contributed by atoms with Crippen LogP contribution in [0.2, 0.25) is 0 Å². The summed E-state index contributed by atoms with van der Waals surface area (Å²) in [7, 11) is 2.00. The fraction of sp³-hybridized carbons (Fsp3) is 0.333. The number of nitrogens with zero attached hydrogens (tertiary/aromatic N) is 3. The van der Waals surface area contributed by atoms with Gasteiger partial charge in [0, 0.05) is 38.2 Å². The highest BCUT2D eigenvalue weighted by Gasteiger charge is 2.05. The Morgan fingerprint density at radius 3 is 2.69 bits per heavy atom. The molecule has 0 bridgehead atoms. The molecule has 0 saturated carbocycles. The van der Waals surface area contributed by atoms with Crippen molar-refractivity contribution in [3.8, 4) is 0 Å². The lowest BCUT2D eigenvalue weighted by molar-refractivity contribution is 0.557. The molecule has 0 aromatic carbocycles. The second-order valence-corrected chi connectivity index (χ2v) is 3.88. The van der Waals surface area contributed by atoms with Crippen LogP contribution in [0.3, 0.4) is 0 Å². The molecule has 0 amide bonds. The van der Waals surface area contributed by atoms with Crippen LogP contribution in [0.5, 0.6) is 0 Å². The molecule has 0 spiro atoms. The molecular formula is C12H16N4. The molecule has 2 aromatic heterocycles. The van der Waals surface area contributed by atoms with Crippen molar-refractivity contribution < 1.29 is 0 Å². The van der Waals surface area contributed by atoms with E-state index in [4.69, 9.17) is 0 Å². The molecule has 2 aromatic rings. The third-order valence-corrected chi connectivity index (χ3v) is 2.71. The standard InChI is InChI=1S/C12H16N4/c1-10(11-3-5-13-6-4-11)15-8-12-7-14-9-16(12)2/h3-7,9-10,15H,8H2,1-2H3/t10-/m0/s1. The minimum absolute atomic E-state index is 0.318. The smallest absolute Gasteiger partial charge is 0.0945 e. The molecule has 2 heterocycles. The zero-order valence-electron chi connectivity index (χ0n) is 9.59. The van der Waals surface area contributed by atoms with Gasteiger partial charge in [-0.05, 0) is 24.6 Å². The third-order valence-electron chi connectivity index (χ3n) is 2.71. The van der Waals surface area contributed by atoms with E-state index in [0.29, 0.717) is 6.04 Å². The normalized spacial score (nSPS) is 12.6. The highest BCUT2D eigenvalue weighted by atomic mass is 15.0. The number of rotatable bonds is 4. The van der Waals surface area contributed by atoms with Crippen molar-refractivity contribution in [1.29, 1.82) is 0 Å². The summed E-state index contributed by atoms with van der Waals surface area (Å²) < 4.78 is 2.02. The Hall–Kier alpha value is -1.68. The number of aryl methyl sites for hydroxylation is 1. The first-order valence-electron chi connectivity index (χ1n) is 5.36. The summed E-state index contributed by atoms with van der Waals surface area (Å²) in [5, 5.41) is 3.45. The molecule has 84 valence electrons. The summed E-state index contributed by atoms with van der Waals surface area (Å²) in [6.07, 6.45) is 7.33. The minimum Gasteiger partial charge on any atom is -0.337 e. The molecule has 0 unspecified atom stereocenters. The quantitative estimate of drug-likeness (QED) is 0.845. The molecule has 16 heavy (non-hydrogen) atoms. The van der Waals surface area contributed by atoms with Crippen LogP contribution in [-0.2, 0) is 13.6 Å². The van der Waals surface area contributed by atoms with Crippen LogP contribution in [0.25, 0.3) is 0 Å². The van der Waals surface area contributed by atoms with Crippen molar-refractivity contribution in [2.45, 2.75) is 19.5 Å². The molecular weight excluding hydrogens is 200 g/mol. The Kier molecular flexibility index (Phi) is 3.31. The van der Waals surface area contributed by atoms with Gasteiger partial charge in [-0.25, -0.2) is 4.98 Å². The van der Waals surface area contributed by atoms with Crippen LogP contribution < -0.4 is 5.32 Å². The lowest BCUT2D eigenvalue weighted by Crippen LogP contribution is -2.19. The Balaban J connectivity index is 1.94. The molecule has 4 nitrogen and oxygen atoms in total. The zero-order chi connectivity index (χ0) is 11.4. The Morgan fingerprint density at radius 2 is 2.06 bits per heavy atom. The first-order chi connectivity index (χ1) is 7.77. The summed E-state index contributed by atoms with van der Waals surface area (Å²) in [6, 6.07) is 4.37. The number of hydrogen-bond acceptors (Lipinski definition) is 3. The predicted octanol–water partition coefficient (Wildman–Crippen LogP) is 1.67. The minimum atomic E-state index is 0.318. The molecule has 0 aliphatic carbocycles. The fourth-order valence-corrected chi connectivity index (χ4v) is 1.58. The first-order valence-corrected chi connectivity index (χ1v) is 5.36. The van der Waals surface area contributed by atoms with E-state index in [1.165, 1.54) is 11.3 Å². The first kappa shape index (κ1) is 10.8. The van der Waals surface area contributed by atoms with Crippen molar-refractivity contribution in [2.75, 3.05) is 0 Å². The van der Waals surface area contributed by atoms with Crippen LogP contribution in [0, 0.1) is 0 Å². The van der Waals surface area contributed by atoms with Gasteiger partial charge in [0.1, 0.15) is 0 Å². The zero-order valence-corrected chi connectivity index (χ0v) is 9.59. The number of imidazole rings is 1. The molecule has 0 radical (unpaired) electrons. The Morgan fingerprint density at radius 1 is 1.31 bits per heavy atom. The van der Waals surface area contributed by atoms with Crippen molar-refractivity contribution >= 4 is 0 Å². The van der Waals surface area contributed by atoms with Gasteiger partial charge in [0.25, 0.3) is 0 Å². The Labute approximate surface area is 95.4 Å². The van der Waals surface area contributed by atoms with Gasteiger partial charge in [-0.2, -0.15) is 0 Å². The molecule has 0 aliphatic rings. The van der Waals surface area contributed by atoms with Crippen molar-refractivity contribution in [3.05, 3.63) is 48.3 Å². The van der Waals surface area contributed by atoms with Gasteiger partial charge in [-0.15, -0.1) is 0 Å². The maximum absolute atomic E-state index is 4.09. The SMILES string of the molecule is C[C@H](NCc1cncn1C)c1ccncc1. The lowest BCUT2D eigenvalue weighted by Gasteiger charge is -2.13. The van der Waals surface area contributed by atoms with Crippen molar-refractivity contribution in [1.82, 2.24) is 19.9 Å². The fourth-order valence-electron chi connectivity index (χ4n) is 1.58. The van der Waals surface area contributed by atoms with Gasteiger partial charge >= 0.3 is 0 Å². The second kappa shape index (κ2) is 4.90. The summed E-state index contributed by atoms with van der Waals surface area (Å²) in [4.78, 5) is 8.10. The monoisotopic (exact) mass is 216 g/mol. The van der Waals surface area contributed by atoms with Gasteiger partial charge < -0.3 is 9.88 Å². The number of hydrogen-bond donors (Lipinski definition) is 1. The van der Waals surface area contributed by atoms with Crippen LogP contribution in [0.1, 0.15) is 24.2 Å². The van der Waals surface area contributed by atoms with Crippen LogP contribution >= 0.6 is 0 Å². The summed E-state index contributed by atoms with van der Waals surface area (Å²) in [5.41, 5.74) is 2.43. The van der Waals surface area contributed by atoms with E-state index in [1.54, 1.807) is 0 Å². The average Bonchev–Trinajstić information content (AvgIpc) is 2.73. The van der Waals surface area contributed by atoms with Gasteiger partial charge in [0.05, 0.1) is 12.0 Å². The molecule has 2 rings (SSSR count). The number of nitrogens with one attached hydrogen (secondary N) is 1. The highest BCUT2D eigenvalue weighted by Crippen LogP contribution is 2.10. The third kappa shape index (κ3) is 2.46. The molecule has 4 heteroatoms. The number of pyridine rings is 1. The maximum atomic E-state index is 4.09. The second-order valence-electron chi connectivity index (χ2n) is 3.88. The summed E-state index contributed by atoms with van der Waals surface area (Å²) in [6.45, 7) is 2.96. The summed E-state index contributed by atoms with van der Waals surface area (Å²) >= 11 is 0. The van der Waals surface area contributed by atoms with E-state index < -0.39 is 0 Å². The van der Waals surface area contributed by atoms with E-state index in [2.05, 4.69) is 22.2 Å². The largest absolute Gasteiger partial charge is 0.337 e. The van der Waals surface area contributed by atoms with Crippen LogP contribution in [0.15, 0.2) is 37.1 Å². The average molecular weight is 216 g/mol. The molecule has 0 saturated heterocycles. The highest BCUT2D eigenvalue weighted by molar-refractivity contribution is 5.14. The maximum Gasteiger partial charge on any atom is 0.0945 e. The van der Waals surface area contributed by atoms with Crippen molar-refractivity contribution in [2.24, 2.45) is 7.05 Å². The van der Waals surface area contributed by atoms with Crippen molar-refractivity contribution in [3.63, 3.8) is 0 Å². The van der Waals surface area contributed by atoms with E-state index in [0.717, 1.165) is 6.54 Å². The van der Waals surface area contributed by atoms with Gasteiger partial charge in [-0.1, -0.05) is 0 Å². The van der Waals surface area contributed by atoms with Gasteiger partial charge in [0.2, 0.25) is 0 Å². The molecule has 1 N–H and O–H groups in total. The van der Waals surface area contributed by atoms with Gasteiger partial charge in [0.15, 0.2) is 0 Å². The molecule has 1 atom stereocenters. The van der Waals surface area contributed by atoms with E-state index in [1.807, 2.05) is 48.7 Å². The predicted molar refractivity (Wildman–Crippen MR) is 62.7 cm³/mol. The van der Waals surface area contributed by atoms with E-state index in [9.17, 15) is 0 Å². The van der Waals surface area contributed by atoms with Crippen LogP contribution in [0.4, 0.5) is 0 Å². The van der Waals surface area contributed by atoms with E-state index >= 15 is 0 Å². The topological polar surface area (TPSA) is 42.7 Å². The summed E-state index contributed by atoms with van der Waals surface area (Å²) in [5.74, 6) is 0.